The van der Waals surface area contributed by atoms with Crippen molar-refractivity contribution in [3.05, 3.63) is 0 Å². The molecule has 15 heavy (non-hydrogen) atoms. The van der Waals surface area contributed by atoms with Crippen molar-refractivity contribution >= 4 is 0 Å². The molecule has 0 amide bonds. The summed E-state index contributed by atoms with van der Waals surface area (Å²) in [6, 6.07) is 1.05. The lowest BCUT2D eigenvalue weighted by Gasteiger charge is -2.25. The fourth-order valence-electron chi connectivity index (χ4n) is 2.33. The molecule has 0 aromatic rings. The number of nitrogens with zero attached hydrogens (tertiary/aromatic N) is 1. The quantitative estimate of drug-likeness (QED) is 0.735. The van der Waals surface area contributed by atoms with Gasteiger partial charge in [0.05, 0.1) is 0 Å². The maximum absolute atomic E-state index is 9.01. The summed E-state index contributed by atoms with van der Waals surface area (Å²) in [6.07, 6.45) is 2.09. The van der Waals surface area contributed by atoms with Gasteiger partial charge in [0.1, 0.15) is 0 Å². The summed E-state index contributed by atoms with van der Waals surface area (Å²) in [6.45, 7) is 10.5. The minimum Gasteiger partial charge on any atom is -0.396 e. The van der Waals surface area contributed by atoms with Gasteiger partial charge in [-0.05, 0) is 32.2 Å². The molecule has 1 saturated heterocycles. The van der Waals surface area contributed by atoms with Gasteiger partial charge < -0.3 is 15.3 Å². The van der Waals surface area contributed by atoms with E-state index in [-0.39, 0.29) is 0 Å². The molecule has 2 N–H and O–H groups in total. The van der Waals surface area contributed by atoms with Crippen LogP contribution in [0.1, 0.15) is 33.6 Å². The van der Waals surface area contributed by atoms with Crippen molar-refractivity contribution in [2.75, 3.05) is 26.2 Å². The predicted octanol–water partition coefficient (Wildman–Crippen LogP) is 1.08. The van der Waals surface area contributed by atoms with Crippen LogP contribution in [0.2, 0.25) is 0 Å². The largest absolute Gasteiger partial charge is 0.396 e. The fraction of sp³-hybridized carbons (Fsp3) is 1.00. The minimum absolute atomic E-state index is 0.292. The van der Waals surface area contributed by atoms with Gasteiger partial charge in [0, 0.05) is 31.8 Å². The van der Waals surface area contributed by atoms with Crippen molar-refractivity contribution in [3.8, 4) is 0 Å². The van der Waals surface area contributed by atoms with Crippen LogP contribution in [0.25, 0.3) is 0 Å². The van der Waals surface area contributed by atoms with Crippen LogP contribution in [0.4, 0.5) is 0 Å². The Labute approximate surface area is 93.9 Å². The first-order valence-electron chi connectivity index (χ1n) is 6.21. The third-order valence-corrected chi connectivity index (χ3v) is 2.98. The van der Waals surface area contributed by atoms with E-state index in [1.165, 1.54) is 19.5 Å². The number of nitrogens with one attached hydrogen (secondary N) is 1. The maximum Gasteiger partial charge on any atom is 0.0446 e. The highest BCUT2D eigenvalue weighted by atomic mass is 16.3. The molecule has 3 heteroatoms. The number of aliphatic hydroxyl groups excluding tert-OH is 1. The second kappa shape index (κ2) is 6.46. The van der Waals surface area contributed by atoms with Gasteiger partial charge in [0.15, 0.2) is 0 Å². The second-order valence-electron chi connectivity index (χ2n) is 5.22. The van der Waals surface area contributed by atoms with Crippen LogP contribution < -0.4 is 5.32 Å². The molecule has 0 bridgehead atoms. The summed E-state index contributed by atoms with van der Waals surface area (Å²) in [5.41, 5.74) is 0. The van der Waals surface area contributed by atoms with Gasteiger partial charge in [-0.1, -0.05) is 13.8 Å². The monoisotopic (exact) mass is 214 g/mol. The highest BCUT2D eigenvalue weighted by Gasteiger charge is 2.20. The van der Waals surface area contributed by atoms with Crippen LogP contribution in [0.5, 0.6) is 0 Å². The van der Waals surface area contributed by atoms with Gasteiger partial charge in [-0.15, -0.1) is 0 Å². The van der Waals surface area contributed by atoms with Crippen LogP contribution in [-0.2, 0) is 0 Å². The Morgan fingerprint density at radius 3 is 2.80 bits per heavy atom. The summed E-state index contributed by atoms with van der Waals surface area (Å²) >= 11 is 0. The van der Waals surface area contributed by atoms with E-state index >= 15 is 0 Å². The van der Waals surface area contributed by atoms with Crippen LogP contribution >= 0.6 is 0 Å². The molecule has 2 unspecified atom stereocenters. The first-order valence-corrected chi connectivity index (χ1v) is 6.21. The molecule has 2 atom stereocenters. The van der Waals surface area contributed by atoms with Crippen LogP contribution in [0.3, 0.4) is 0 Å². The summed E-state index contributed by atoms with van der Waals surface area (Å²) in [5.74, 6) is 0.730. The average Bonchev–Trinajstić information content (AvgIpc) is 2.28. The molecule has 0 aromatic heterocycles. The van der Waals surface area contributed by atoms with Gasteiger partial charge >= 0.3 is 0 Å². The van der Waals surface area contributed by atoms with Gasteiger partial charge in [0.25, 0.3) is 0 Å². The molecule has 1 fully saturated rings. The maximum atomic E-state index is 9.01. The van der Waals surface area contributed by atoms with E-state index in [9.17, 15) is 0 Å². The number of hydrogen-bond donors (Lipinski definition) is 2. The smallest absolute Gasteiger partial charge is 0.0446 e. The molecular weight excluding hydrogens is 188 g/mol. The van der Waals surface area contributed by atoms with Crippen LogP contribution in [0.15, 0.2) is 0 Å². The first kappa shape index (κ1) is 12.9. The normalized spacial score (nSPS) is 29.4. The predicted molar refractivity (Wildman–Crippen MR) is 64.0 cm³/mol. The Kier molecular flexibility index (Phi) is 5.58. The van der Waals surface area contributed by atoms with Crippen molar-refractivity contribution < 1.29 is 5.11 Å². The summed E-state index contributed by atoms with van der Waals surface area (Å²) in [4.78, 5) is 2.53. The van der Waals surface area contributed by atoms with Crippen molar-refractivity contribution in [1.29, 1.82) is 0 Å². The Balaban J connectivity index is 2.44. The summed E-state index contributed by atoms with van der Waals surface area (Å²) in [5, 5.41) is 12.6. The summed E-state index contributed by atoms with van der Waals surface area (Å²) in [7, 11) is 0. The Bertz CT molecular complexity index is 173. The molecule has 0 spiro atoms. The minimum atomic E-state index is 0.292. The van der Waals surface area contributed by atoms with E-state index in [0.29, 0.717) is 18.7 Å². The standard InChI is InChI=1S/C12H26N2O/c1-10(2)8-14-6-4-11(3)13-12(9-14)5-7-15/h10-13,15H,4-9H2,1-3H3. The number of rotatable bonds is 4. The van der Waals surface area contributed by atoms with Gasteiger partial charge in [-0.3, -0.25) is 0 Å². The zero-order valence-electron chi connectivity index (χ0n) is 10.4. The highest BCUT2D eigenvalue weighted by Crippen LogP contribution is 2.09. The molecule has 90 valence electrons. The Morgan fingerprint density at radius 1 is 1.47 bits per heavy atom. The fourth-order valence-corrected chi connectivity index (χ4v) is 2.33. The van der Waals surface area contributed by atoms with Gasteiger partial charge in [-0.25, -0.2) is 0 Å². The Morgan fingerprint density at radius 2 is 2.20 bits per heavy atom. The van der Waals surface area contributed by atoms with E-state index in [0.717, 1.165) is 18.9 Å². The average molecular weight is 214 g/mol. The van der Waals surface area contributed by atoms with E-state index < -0.39 is 0 Å². The molecule has 1 aliphatic heterocycles. The lowest BCUT2D eigenvalue weighted by Crippen LogP contribution is -2.41. The zero-order valence-corrected chi connectivity index (χ0v) is 10.4. The summed E-state index contributed by atoms with van der Waals surface area (Å²) < 4.78 is 0. The molecule has 1 aliphatic rings. The molecule has 0 saturated carbocycles. The van der Waals surface area contributed by atoms with E-state index in [4.69, 9.17) is 5.11 Å². The molecule has 0 radical (unpaired) electrons. The molecular formula is C12H26N2O. The van der Waals surface area contributed by atoms with Crippen LogP contribution in [0, 0.1) is 5.92 Å². The lowest BCUT2D eigenvalue weighted by atomic mass is 10.1. The Hall–Kier alpha value is -0.120. The molecule has 3 nitrogen and oxygen atoms in total. The molecule has 1 heterocycles. The molecule has 0 aliphatic carbocycles. The topological polar surface area (TPSA) is 35.5 Å². The molecule has 1 rings (SSSR count). The third-order valence-electron chi connectivity index (χ3n) is 2.98. The van der Waals surface area contributed by atoms with Crippen LogP contribution in [-0.4, -0.2) is 48.3 Å². The number of hydrogen-bond acceptors (Lipinski definition) is 3. The van der Waals surface area contributed by atoms with Crippen molar-refractivity contribution in [1.82, 2.24) is 10.2 Å². The highest BCUT2D eigenvalue weighted by molar-refractivity contribution is 4.80. The van der Waals surface area contributed by atoms with E-state index in [1.54, 1.807) is 0 Å². The van der Waals surface area contributed by atoms with Gasteiger partial charge in [0.2, 0.25) is 0 Å². The van der Waals surface area contributed by atoms with E-state index in [1.807, 2.05) is 0 Å². The second-order valence-corrected chi connectivity index (χ2v) is 5.22. The third kappa shape index (κ3) is 4.96. The molecule has 0 aromatic carbocycles. The van der Waals surface area contributed by atoms with Crippen molar-refractivity contribution in [3.63, 3.8) is 0 Å². The number of aliphatic hydroxyl groups is 1. The lowest BCUT2D eigenvalue weighted by molar-refractivity contribution is 0.213. The van der Waals surface area contributed by atoms with Gasteiger partial charge in [-0.2, -0.15) is 0 Å². The van der Waals surface area contributed by atoms with Crippen molar-refractivity contribution in [2.45, 2.75) is 45.7 Å². The SMILES string of the molecule is CC(C)CN1CCC(C)NC(CCO)C1. The zero-order chi connectivity index (χ0) is 11.3. The first-order chi connectivity index (χ1) is 7.11. The van der Waals surface area contributed by atoms with E-state index in [2.05, 4.69) is 31.0 Å². The van der Waals surface area contributed by atoms with Crippen molar-refractivity contribution in [2.24, 2.45) is 5.92 Å².